The molecule has 1 fully saturated rings. The van der Waals surface area contributed by atoms with Gasteiger partial charge in [-0.05, 0) is 51.5 Å². The molecule has 32 heavy (non-hydrogen) atoms. The van der Waals surface area contributed by atoms with Crippen LogP contribution in [-0.2, 0) is 0 Å². The fourth-order valence-electron chi connectivity index (χ4n) is 4.18. The second-order valence-electron chi connectivity index (χ2n) is 8.89. The van der Waals surface area contributed by atoms with Gasteiger partial charge in [-0.3, -0.25) is 5.32 Å². The highest BCUT2D eigenvalue weighted by molar-refractivity contribution is 6.10. The summed E-state index contributed by atoms with van der Waals surface area (Å²) in [5.41, 5.74) is 14.7. The maximum atomic E-state index is 12.2. The summed E-state index contributed by atoms with van der Waals surface area (Å²) in [7, 11) is 0. The van der Waals surface area contributed by atoms with Crippen molar-refractivity contribution < 1.29 is 10.1 Å². The van der Waals surface area contributed by atoms with Gasteiger partial charge >= 0.3 is 6.03 Å². The van der Waals surface area contributed by atoms with Gasteiger partial charge in [0, 0.05) is 31.1 Å². The van der Waals surface area contributed by atoms with Gasteiger partial charge in [0.2, 0.25) is 5.84 Å². The predicted octanol–water partition coefficient (Wildman–Crippen LogP) is 2.34. The molecule has 0 unspecified atom stereocenters. The van der Waals surface area contributed by atoms with E-state index in [0.29, 0.717) is 17.4 Å². The van der Waals surface area contributed by atoms with Crippen LogP contribution in [0.2, 0.25) is 0 Å². The highest BCUT2D eigenvalue weighted by Gasteiger charge is 2.23. The van der Waals surface area contributed by atoms with Gasteiger partial charge in [0.25, 0.3) is 0 Å². The Bertz CT molecular complexity index is 949. The number of nitrogen functional groups attached to an aromatic ring is 2. The number of nitrogens with one attached hydrogen (secondary N) is 1. The molecule has 1 saturated heterocycles. The Morgan fingerprint density at radius 3 is 2.69 bits per heavy atom. The van der Waals surface area contributed by atoms with Gasteiger partial charge < -0.3 is 21.7 Å². The van der Waals surface area contributed by atoms with Crippen LogP contribution >= 0.6 is 0 Å². The second kappa shape index (κ2) is 11.1. The topological polar surface area (TPSA) is 126 Å². The van der Waals surface area contributed by atoms with E-state index in [1.807, 2.05) is 43.0 Å². The van der Waals surface area contributed by atoms with Crippen molar-refractivity contribution in [3.8, 4) is 0 Å². The van der Waals surface area contributed by atoms with E-state index in [1.165, 1.54) is 0 Å². The minimum Gasteiger partial charge on any atom is -0.395 e. The third-order valence-electron chi connectivity index (χ3n) is 5.98. The number of nitrogens with two attached hydrogens (primary N) is 3. The molecule has 2 aromatic rings. The van der Waals surface area contributed by atoms with E-state index in [0.717, 1.165) is 74.2 Å². The van der Waals surface area contributed by atoms with E-state index in [1.54, 1.807) is 0 Å². The molecule has 1 aromatic heterocycles. The molecular formula is C24H38N7O+. The molecule has 7 N–H and O–H groups in total. The fourth-order valence-corrected chi connectivity index (χ4v) is 4.18. The molecule has 8 heteroatoms. The zero-order valence-corrected chi connectivity index (χ0v) is 19.6. The van der Waals surface area contributed by atoms with Crippen molar-refractivity contribution in [2.24, 2.45) is 10.9 Å². The molecule has 0 bridgehead atoms. The number of fused-ring (bicyclic) bond motifs is 1. The molecular weight excluding hydrogens is 402 g/mol. The normalized spacial score (nSPS) is 15.5. The monoisotopic (exact) mass is 440 g/mol. The number of carbonyl (C=O) groups is 1. The Morgan fingerprint density at radius 2 is 2.00 bits per heavy atom. The average Bonchev–Trinajstić information content (AvgIpc) is 2.77. The highest BCUT2D eigenvalue weighted by atomic mass is 16.2. The number of hydrogen-bond donors (Lipinski definition) is 4. The third-order valence-corrected chi connectivity index (χ3v) is 5.98. The number of carbonyl (C=O) groups excluding carboxylic acids is 1. The van der Waals surface area contributed by atoms with Crippen molar-refractivity contribution >= 4 is 34.3 Å². The molecule has 0 atom stereocenters. The molecule has 2 amide bonds. The summed E-state index contributed by atoms with van der Waals surface area (Å²) in [6, 6.07) is 8.14. The first-order valence-electron chi connectivity index (χ1n) is 11.8. The number of urea groups is 1. The Morgan fingerprint density at radius 1 is 1.28 bits per heavy atom. The molecule has 0 aliphatic carbocycles. The van der Waals surface area contributed by atoms with E-state index >= 15 is 0 Å². The number of nitrogens with zero attached hydrogens (tertiary/aromatic N) is 3. The Labute approximate surface area is 190 Å². The molecule has 8 nitrogen and oxygen atoms in total. The van der Waals surface area contributed by atoms with Gasteiger partial charge in [-0.2, -0.15) is 0 Å². The van der Waals surface area contributed by atoms with Crippen molar-refractivity contribution in [3.05, 3.63) is 29.8 Å². The first kappa shape index (κ1) is 23.8. The molecule has 3 rings (SSSR count). The average molecular weight is 441 g/mol. The Kier molecular flexibility index (Phi) is 8.27. The molecule has 1 aromatic carbocycles. The van der Waals surface area contributed by atoms with Crippen molar-refractivity contribution in [1.82, 2.24) is 15.2 Å². The van der Waals surface area contributed by atoms with Crippen LogP contribution in [0.1, 0.15) is 52.0 Å². The number of amides is 2. The van der Waals surface area contributed by atoms with E-state index in [4.69, 9.17) is 16.5 Å². The summed E-state index contributed by atoms with van der Waals surface area (Å²) < 4.78 is 0. The molecule has 174 valence electrons. The summed E-state index contributed by atoms with van der Waals surface area (Å²) in [4.78, 5) is 23.5. The van der Waals surface area contributed by atoms with E-state index in [9.17, 15) is 4.79 Å². The van der Waals surface area contributed by atoms with Crippen molar-refractivity contribution in [2.45, 2.75) is 52.5 Å². The largest absolute Gasteiger partial charge is 0.395 e. The number of aliphatic imine (C=N–C) groups is 1. The maximum absolute atomic E-state index is 12.2. The lowest BCUT2D eigenvalue weighted by Gasteiger charge is -2.32. The summed E-state index contributed by atoms with van der Waals surface area (Å²) in [6.45, 7) is 9.40. The van der Waals surface area contributed by atoms with Crippen LogP contribution in [-0.4, -0.2) is 54.0 Å². The van der Waals surface area contributed by atoms with Crippen LogP contribution < -0.4 is 22.1 Å². The number of quaternary nitrogens is 1. The standard InChI is InChI=1S/C24H37N7O/c1-4-12-27-23(20-18-7-5-6-8-19(18)30-22(26)21(20)25)28-13-9-17-10-14-31(15-11-17)24(32)29-16(2)3/h5-8,16-17H,4,9-15,25H2,1-3H3,(H2,26,30)(H,27,28)(H,29,32)/p+1. The third kappa shape index (κ3) is 5.88. The molecule has 0 spiro atoms. The van der Waals surface area contributed by atoms with E-state index in [2.05, 4.69) is 22.5 Å². The SMILES string of the molecule is CCC[NH2+]C(=NCCC1CCN(C(=O)NC(C)C)CC1)c1c(N)c(N)nc2ccccc12. The molecule has 2 heterocycles. The number of para-hydroxylation sites is 1. The number of anilines is 2. The van der Waals surface area contributed by atoms with Crippen molar-refractivity contribution in [1.29, 1.82) is 0 Å². The van der Waals surface area contributed by atoms with Gasteiger partial charge in [-0.1, -0.05) is 25.1 Å². The number of rotatable bonds is 7. The number of benzene rings is 1. The molecule has 1 aliphatic heterocycles. The number of aromatic nitrogens is 1. The lowest BCUT2D eigenvalue weighted by atomic mass is 9.94. The first-order valence-corrected chi connectivity index (χ1v) is 11.8. The van der Waals surface area contributed by atoms with E-state index in [-0.39, 0.29) is 12.1 Å². The maximum Gasteiger partial charge on any atom is 0.317 e. The van der Waals surface area contributed by atoms with Crippen LogP contribution in [0.25, 0.3) is 10.9 Å². The molecule has 1 aliphatic rings. The Balaban J connectivity index is 1.70. The van der Waals surface area contributed by atoms with Crippen LogP contribution in [0.15, 0.2) is 29.3 Å². The quantitative estimate of drug-likeness (QED) is 0.389. The second-order valence-corrected chi connectivity index (χ2v) is 8.89. The predicted molar refractivity (Wildman–Crippen MR) is 132 cm³/mol. The van der Waals surface area contributed by atoms with Crippen LogP contribution in [0.5, 0.6) is 0 Å². The van der Waals surface area contributed by atoms with Crippen LogP contribution in [0, 0.1) is 5.92 Å². The van der Waals surface area contributed by atoms with Crippen LogP contribution in [0.3, 0.4) is 0 Å². The van der Waals surface area contributed by atoms with Crippen molar-refractivity contribution in [3.63, 3.8) is 0 Å². The molecule has 0 saturated carbocycles. The van der Waals surface area contributed by atoms with Gasteiger partial charge in [0.15, 0.2) is 0 Å². The van der Waals surface area contributed by atoms with Gasteiger partial charge in [-0.15, -0.1) is 0 Å². The summed E-state index contributed by atoms with van der Waals surface area (Å²) in [6.07, 6.45) is 4.07. The first-order chi connectivity index (χ1) is 15.4. The number of likely N-dealkylation sites (tertiary alicyclic amines) is 1. The summed E-state index contributed by atoms with van der Waals surface area (Å²) >= 11 is 0. The number of amidine groups is 1. The zero-order valence-electron chi connectivity index (χ0n) is 19.6. The van der Waals surface area contributed by atoms with Gasteiger partial charge in [-0.25, -0.2) is 14.8 Å². The summed E-state index contributed by atoms with van der Waals surface area (Å²) in [5, 5.41) is 6.13. The van der Waals surface area contributed by atoms with Crippen molar-refractivity contribution in [2.75, 3.05) is 37.6 Å². The Hall–Kier alpha value is -2.87. The van der Waals surface area contributed by atoms with Gasteiger partial charge in [0.1, 0.15) is 5.82 Å². The number of hydrogen-bond acceptors (Lipinski definition) is 5. The minimum atomic E-state index is 0.0468. The van der Waals surface area contributed by atoms with Crippen LogP contribution in [0.4, 0.5) is 16.3 Å². The van der Waals surface area contributed by atoms with E-state index < -0.39 is 0 Å². The zero-order chi connectivity index (χ0) is 23.1. The lowest BCUT2D eigenvalue weighted by Crippen LogP contribution is -2.88. The number of pyridine rings is 1. The molecule has 0 radical (unpaired) electrons. The lowest BCUT2D eigenvalue weighted by molar-refractivity contribution is -0.538. The van der Waals surface area contributed by atoms with Gasteiger partial charge in [0.05, 0.1) is 23.3 Å². The fraction of sp³-hybridized carbons (Fsp3) is 0.542. The highest BCUT2D eigenvalue weighted by Crippen LogP contribution is 2.27. The smallest absolute Gasteiger partial charge is 0.317 e. The summed E-state index contributed by atoms with van der Waals surface area (Å²) in [5.74, 6) is 1.83. The minimum absolute atomic E-state index is 0.0468. The number of piperidine rings is 1.